The van der Waals surface area contributed by atoms with E-state index in [0.29, 0.717) is 18.8 Å². The summed E-state index contributed by atoms with van der Waals surface area (Å²) in [5.41, 5.74) is 3.07. The zero-order chi connectivity index (χ0) is 21.0. The molecule has 0 atom stereocenters. The van der Waals surface area contributed by atoms with Gasteiger partial charge in [0.15, 0.2) is 4.34 Å². The second-order valence-electron chi connectivity index (χ2n) is 7.44. The fourth-order valence-corrected chi connectivity index (χ4v) is 4.74. The van der Waals surface area contributed by atoms with Gasteiger partial charge in [0.05, 0.1) is 5.75 Å². The smallest absolute Gasteiger partial charge is 0.253 e. The molecule has 0 aliphatic carbocycles. The number of nitrogens with zero attached hydrogens (tertiary/aromatic N) is 4. The molecule has 7 nitrogen and oxygen atoms in total. The Kier molecular flexibility index (Phi) is 7.13. The van der Waals surface area contributed by atoms with E-state index in [1.807, 2.05) is 50.8 Å². The number of amides is 2. The highest BCUT2D eigenvalue weighted by Gasteiger charge is 2.24. The van der Waals surface area contributed by atoms with E-state index in [0.717, 1.165) is 33.7 Å². The Morgan fingerprint density at radius 1 is 1.14 bits per heavy atom. The van der Waals surface area contributed by atoms with Crippen molar-refractivity contribution in [3.05, 3.63) is 34.9 Å². The van der Waals surface area contributed by atoms with E-state index in [-0.39, 0.29) is 17.9 Å². The largest absolute Gasteiger partial charge is 0.353 e. The van der Waals surface area contributed by atoms with Crippen LogP contribution >= 0.6 is 23.1 Å². The van der Waals surface area contributed by atoms with Crippen LogP contribution in [0.2, 0.25) is 0 Å². The quantitative estimate of drug-likeness (QED) is 0.706. The summed E-state index contributed by atoms with van der Waals surface area (Å²) in [5.74, 6) is 0.420. The second-order valence-corrected chi connectivity index (χ2v) is 9.62. The minimum Gasteiger partial charge on any atom is -0.353 e. The molecule has 1 N–H and O–H groups in total. The summed E-state index contributed by atoms with van der Waals surface area (Å²) >= 11 is 2.90. The molecule has 29 heavy (non-hydrogen) atoms. The third kappa shape index (κ3) is 5.70. The Balaban J connectivity index is 1.51. The van der Waals surface area contributed by atoms with Crippen LogP contribution in [0.1, 0.15) is 35.3 Å². The topological polar surface area (TPSA) is 78.4 Å². The van der Waals surface area contributed by atoms with Gasteiger partial charge in [-0.15, -0.1) is 10.2 Å². The van der Waals surface area contributed by atoms with Crippen LogP contribution in [0.25, 0.3) is 0 Å². The van der Waals surface area contributed by atoms with E-state index in [2.05, 4.69) is 20.4 Å². The standard InChI is InChI=1S/C20H27N5O2S2/c1-13(2)21-17(26)12-28-20-23-22-19(29-20)25-9-7-24(8-10-25)18(27)16-6-5-14(3)15(4)11-16/h5-6,11,13H,7-10,12H2,1-4H3,(H,21,26). The zero-order valence-corrected chi connectivity index (χ0v) is 18.9. The number of rotatable bonds is 6. The molecule has 156 valence electrons. The first-order valence-corrected chi connectivity index (χ1v) is 11.5. The van der Waals surface area contributed by atoms with Crippen LogP contribution in [0.5, 0.6) is 0 Å². The molecule has 0 bridgehead atoms. The van der Waals surface area contributed by atoms with Gasteiger partial charge in [-0.2, -0.15) is 0 Å². The van der Waals surface area contributed by atoms with Crippen molar-refractivity contribution in [3.63, 3.8) is 0 Å². The van der Waals surface area contributed by atoms with Crippen LogP contribution < -0.4 is 10.2 Å². The predicted octanol–water partition coefficient (Wildman–Crippen LogP) is 2.73. The number of nitrogens with one attached hydrogen (secondary N) is 1. The van der Waals surface area contributed by atoms with Gasteiger partial charge in [-0.25, -0.2) is 0 Å². The fraction of sp³-hybridized carbons (Fsp3) is 0.500. The van der Waals surface area contributed by atoms with E-state index >= 15 is 0 Å². The number of benzene rings is 1. The van der Waals surface area contributed by atoms with Crippen molar-refractivity contribution in [2.45, 2.75) is 38.1 Å². The first kappa shape index (κ1) is 21.6. The maximum absolute atomic E-state index is 12.8. The van der Waals surface area contributed by atoms with E-state index in [9.17, 15) is 9.59 Å². The number of piperazine rings is 1. The summed E-state index contributed by atoms with van der Waals surface area (Å²) in [5, 5.41) is 12.2. The molecular weight excluding hydrogens is 406 g/mol. The molecule has 1 aromatic carbocycles. The van der Waals surface area contributed by atoms with Crippen molar-refractivity contribution in [2.24, 2.45) is 0 Å². The number of carbonyl (C=O) groups is 2. The Labute approximate surface area is 179 Å². The Morgan fingerprint density at radius 3 is 2.52 bits per heavy atom. The third-order valence-electron chi connectivity index (χ3n) is 4.76. The lowest BCUT2D eigenvalue weighted by atomic mass is 10.1. The van der Waals surface area contributed by atoms with Gasteiger partial charge < -0.3 is 15.1 Å². The van der Waals surface area contributed by atoms with Crippen LogP contribution in [0.15, 0.2) is 22.5 Å². The van der Waals surface area contributed by atoms with E-state index in [4.69, 9.17) is 0 Å². The van der Waals surface area contributed by atoms with Crippen molar-refractivity contribution >= 4 is 40.0 Å². The Hall–Kier alpha value is -2.13. The highest BCUT2D eigenvalue weighted by Crippen LogP contribution is 2.28. The maximum atomic E-state index is 12.8. The first-order valence-electron chi connectivity index (χ1n) is 9.70. The van der Waals surface area contributed by atoms with E-state index < -0.39 is 0 Å². The van der Waals surface area contributed by atoms with Gasteiger partial charge >= 0.3 is 0 Å². The van der Waals surface area contributed by atoms with Crippen LogP contribution in [-0.4, -0.2) is 64.9 Å². The molecule has 2 aromatic rings. The summed E-state index contributed by atoms with van der Waals surface area (Å²) in [7, 11) is 0. The minimum atomic E-state index is 0.000203. The number of aromatic nitrogens is 2. The Bertz CT molecular complexity index is 876. The number of carbonyl (C=O) groups excluding carboxylic acids is 2. The van der Waals surface area contributed by atoms with Gasteiger partial charge in [0.2, 0.25) is 11.0 Å². The average Bonchev–Trinajstić information content (AvgIpc) is 3.17. The molecule has 2 heterocycles. The zero-order valence-electron chi connectivity index (χ0n) is 17.3. The lowest BCUT2D eigenvalue weighted by Gasteiger charge is -2.34. The lowest BCUT2D eigenvalue weighted by Crippen LogP contribution is -2.48. The summed E-state index contributed by atoms with van der Waals surface area (Å²) in [4.78, 5) is 28.6. The molecule has 2 amide bonds. The van der Waals surface area contributed by atoms with Gasteiger partial charge in [0, 0.05) is 37.8 Å². The first-order chi connectivity index (χ1) is 13.8. The van der Waals surface area contributed by atoms with Crippen molar-refractivity contribution in [2.75, 3.05) is 36.8 Å². The average molecular weight is 434 g/mol. The van der Waals surface area contributed by atoms with Crippen LogP contribution in [0.4, 0.5) is 5.13 Å². The Morgan fingerprint density at radius 2 is 1.86 bits per heavy atom. The third-order valence-corrected chi connectivity index (χ3v) is 6.88. The molecule has 9 heteroatoms. The predicted molar refractivity (Wildman–Crippen MR) is 118 cm³/mol. The van der Waals surface area contributed by atoms with Gasteiger partial charge in [0.1, 0.15) is 0 Å². The molecule has 1 saturated heterocycles. The maximum Gasteiger partial charge on any atom is 0.253 e. The van der Waals surface area contributed by atoms with Crippen molar-refractivity contribution in [1.29, 1.82) is 0 Å². The number of aryl methyl sites for hydroxylation is 2. The van der Waals surface area contributed by atoms with Gasteiger partial charge in [-0.3, -0.25) is 9.59 Å². The number of thioether (sulfide) groups is 1. The molecule has 1 fully saturated rings. The van der Waals surface area contributed by atoms with Gasteiger partial charge in [-0.1, -0.05) is 29.2 Å². The molecule has 0 radical (unpaired) electrons. The molecule has 1 aromatic heterocycles. The van der Waals surface area contributed by atoms with E-state index in [1.54, 1.807) is 0 Å². The highest BCUT2D eigenvalue weighted by atomic mass is 32.2. The highest BCUT2D eigenvalue weighted by molar-refractivity contribution is 8.01. The number of anilines is 1. The number of hydrogen-bond acceptors (Lipinski definition) is 7. The van der Waals surface area contributed by atoms with Gasteiger partial charge in [-0.05, 0) is 51.0 Å². The second kappa shape index (κ2) is 9.58. The molecule has 1 aliphatic rings. The molecule has 1 aliphatic heterocycles. The van der Waals surface area contributed by atoms with Gasteiger partial charge in [0.25, 0.3) is 5.91 Å². The summed E-state index contributed by atoms with van der Waals surface area (Å²) < 4.78 is 0.785. The molecule has 0 spiro atoms. The fourth-order valence-electron chi connectivity index (χ4n) is 3.04. The normalized spacial score (nSPS) is 14.4. The number of hydrogen-bond donors (Lipinski definition) is 1. The molecular formula is C20H27N5O2S2. The van der Waals surface area contributed by atoms with Crippen LogP contribution in [0, 0.1) is 13.8 Å². The van der Waals surface area contributed by atoms with E-state index in [1.165, 1.54) is 28.7 Å². The van der Waals surface area contributed by atoms with Crippen molar-refractivity contribution < 1.29 is 9.59 Å². The minimum absolute atomic E-state index is 0.000203. The molecule has 0 saturated carbocycles. The summed E-state index contributed by atoms with van der Waals surface area (Å²) in [6, 6.07) is 6.01. The summed E-state index contributed by atoms with van der Waals surface area (Å²) in [6.45, 7) is 10.7. The van der Waals surface area contributed by atoms with Crippen molar-refractivity contribution in [1.82, 2.24) is 20.4 Å². The lowest BCUT2D eigenvalue weighted by molar-refractivity contribution is -0.119. The van der Waals surface area contributed by atoms with Crippen LogP contribution in [-0.2, 0) is 4.79 Å². The summed E-state index contributed by atoms with van der Waals surface area (Å²) in [6.07, 6.45) is 0. The molecule has 3 rings (SSSR count). The van der Waals surface area contributed by atoms with Crippen LogP contribution in [0.3, 0.4) is 0 Å². The van der Waals surface area contributed by atoms with Crippen molar-refractivity contribution in [3.8, 4) is 0 Å². The SMILES string of the molecule is Cc1ccc(C(=O)N2CCN(c3nnc(SCC(=O)NC(C)C)s3)CC2)cc1C. The molecule has 0 unspecified atom stereocenters. The monoisotopic (exact) mass is 433 g/mol.